The van der Waals surface area contributed by atoms with Crippen LogP contribution in [0.1, 0.15) is 11.4 Å². The van der Waals surface area contributed by atoms with Gasteiger partial charge in [0.2, 0.25) is 11.9 Å². The molecule has 0 amide bonds. The highest BCUT2D eigenvalue weighted by Gasteiger charge is 2.12. The van der Waals surface area contributed by atoms with Crippen molar-refractivity contribution in [2.45, 2.75) is 0 Å². The number of hydrogen-bond acceptors (Lipinski definition) is 6. The minimum absolute atomic E-state index is 0.0140. The Balaban J connectivity index is 2.02. The minimum atomic E-state index is -0.0140. The Labute approximate surface area is 159 Å². The van der Waals surface area contributed by atoms with Crippen LogP contribution in [-0.4, -0.2) is 15.0 Å². The van der Waals surface area contributed by atoms with E-state index >= 15 is 0 Å². The Hall–Kier alpha value is -3.14. The first-order chi connectivity index (χ1) is 12.6. The summed E-state index contributed by atoms with van der Waals surface area (Å²) in [5, 5.41) is 13.4. The molecule has 8 heteroatoms. The molecule has 0 aliphatic carbocycles. The topological polar surface area (TPSA) is 101 Å². The number of benzene rings is 2. The second kappa shape index (κ2) is 7.83. The monoisotopic (exact) mass is 382 g/mol. The van der Waals surface area contributed by atoms with Crippen molar-refractivity contribution in [1.82, 2.24) is 15.0 Å². The van der Waals surface area contributed by atoms with Crippen LogP contribution >= 0.6 is 23.2 Å². The maximum Gasteiger partial charge on any atom is 0.232 e. The first-order valence-electron chi connectivity index (χ1n) is 7.46. The number of para-hydroxylation sites is 1. The highest BCUT2D eigenvalue weighted by molar-refractivity contribution is 6.37. The third kappa shape index (κ3) is 4.09. The Morgan fingerprint density at radius 3 is 2.35 bits per heavy atom. The Kier molecular flexibility index (Phi) is 5.32. The van der Waals surface area contributed by atoms with Crippen LogP contribution in [-0.2, 0) is 0 Å². The summed E-state index contributed by atoms with van der Waals surface area (Å²) in [5.41, 5.74) is 7.21. The van der Waals surface area contributed by atoms with Gasteiger partial charge in [0.15, 0.2) is 5.82 Å². The number of hydrogen-bond donors (Lipinski definition) is 2. The highest BCUT2D eigenvalue weighted by atomic mass is 35.5. The second-order valence-corrected chi connectivity index (χ2v) is 5.95. The van der Waals surface area contributed by atoms with Gasteiger partial charge in [0.25, 0.3) is 0 Å². The highest BCUT2D eigenvalue weighted by Crippen LogP contribution is 2.28. The van der Waals surface area contributed by atoms with E-state index in [9.17, 15) is 5.26 Å². The molecule has 0 spiro atoms. The predicted octanol–water partition coefficient (Wildman–Crippen LogP) is 4.57. The van der Waals surface area contributed by atoms with E-state index in [1.54, 1.807) is 18.2 Å². The standard InChI is InChI=1S/C18H12Cl2N6/c19-14-7-4-8-15(20)13(14)9-11(10-21)16-24-17(22)26-18(25-16)23-12-5-2-1-3-6-12/h1-9H,(H3,22,23,24,25,26)/b11-9+. The van der Waals surface area contributed by atoms with Crippen molar-refractivity contribution < 1.29 is 0 Å². The maximum absolute atomic E-state index is 9.53. The van der Waals surface area contributed by atoms with E-state index in [-0.39, 0.29) is 23.3 Å². The summed E-state index contributed by atoms with van der Waals surface area (Å²) in [6, 6.07) is 16.5. The molecule has 3 N–H and O–H groups in total. The normalized spacial score (nSPS) is 11.0. The molecule has 0 fully saturated rings. The van der Waals surface area contributed by atoms with Crippen molar-refractivity contribution in [2.75, 3.05) is 11.1 Å². The summed E-state index contributed by atoms with van der Waals surface area (Å²) in [7, 11) is 0. The third-order valence-electron chi connectivity index (χ3n) is 3.33. The van der Waals surface area contributed by atoms with Gasteiger partial charge in [0.05, 0.1) is 5.57 Å². The van der Waals surface area contributed by atoms with Crippen molar-refractivity contribution in [3.63, 3.8) is 0 Å². The molecule has 0 atom stereocenters. The summed E-state index contributed by atoms with van der Waals surface area (Å²) in [5.74, 6) is 0.333. The fourth-order valence-corrected chi connectivity index (χ4v) is 2.67. The van der Waals surface area contributed by atoms with Crippen LogP contribution in [0.25, 0.3) is 11.6 Å². The van der Waals surface area contributed by atoms with E-state index in [1.807, 2.05) is 36.4 Å². The number of halogens is 2. The van der Waals surface area contributed by atoms with Crippen LogP contribution in [0, 0.1) is 11.3 Å². The number of nitriles is 1. The van der Waals surface area contributed by atoms with Gasteiger partial charge in [-0.15, -0.1) is 0 Å². The number of nitrogens with two attached hydrogens (primary N) is 1. The Bertz CT molecular complexity index is 992. The van der Waals surface area contributed by atoms with E-state index in [0.29, 0.717) is 15.6 Å². The Morgan fingerprint density at radius 1 is 1.00 bits per heavy atom. The number of aromatic nitrogens is 3. The van der Waals surface area contributed by atoms with Gasteiger partial charge < -0.3 is 11.1 Å². The molecular weight excluding hydrogens is 371 g/mol. The van der Waals surface area contributed by atoms with Gasteiger partial charge in [-0.25, -0.2) is 0 Å². The van der Waals surface area contributed by atoms with E-state index in [1.165, 1.54) is 6.08 Å². The molecular formula is C18H12Cl2N6. The zero-order valence-electron chi connectivity index (χ0n) is 13.3. The molecule has 0 unspecified atom stereocenters. The number of anilines is 3. The summed E-state index contributed by atoms with van der Waals surface area (Å²) in [4.78, 5) is 12.3. The van der Waals surface area contributed by atoms with Gasteiger partial charge in [-0.1, -0.05) is 47.5 Å². The van der Waals surface area contributed by atoms with Gasteiger partial charge in [0, 0.05) is 21.3 Å². The molecule has 26 heavy (non-hydrogen) atoms. The fourth-order valence-electron chi connectivity index (χ4n) is 2.16. The molecule has 3 rings (SSSR count). The van der Waals surface area contributed by atoms with Crippen molar-refractivity contribution in [3.05, 3.63) is 70.0 Å². The number of allylic oxidation sites excluding steroid dienone is 1. The lowest BCUT2D eigenvalue weighted by Crippen LogP contribution is -2.06. The average molecular weight is 383 g/mol. The maximum atomic E-state index is 9.53. The number of nitrogens with one attached hydrogen (secondary N) is 1. The Morgan fingerprint density at radius 2 is 1.69 bits per heavy atom. The quantitative estimate of drug-likeness (QED) is 0.640. The molecule has 0 saturated heterocycles. The lowest BCUT2D eigenvalue weighted by molar-refractivity contribution is 1.04. The van der Waals surface area contributed by atoms with Gasteiger partial charge in [0.1, 0.15) is 6.07 Å². The van der Waals surface area contributed by atoms with Crippen molar-refractivity contribution in [2.24, 2.45) is 0 Å². The van der Waals surface area contributed by atoms with Crippen LogP contribution in [0.5, 0.6) is 0 Å². The third-order valence-corrected chi connectivity index (χ3v) is 3.99. The smallest absolute Gasteiger partial charge is 0.232 e. The van der Waals surface area contributed by atoms with Crippen molar-refractivity contribution in [1.29, 1.82) is 5.26 Å². The lowest BCUT2D eigenvalue weighted by Gasteiger charge is -2.07. The largest absolute Gasteiger partial charge is 0.368 e. The first kappa shape index (κ1) is 17.7. The molecule has 3 aromatic rings. The number of nitrogen functional groups attached to an aromatic ring is 1. The summed E-state index contributed by atoms with van der Waals surface area (Å²) in [6.45, 7) is 0. The van der Waals surface area contributed by atoms with Crippen molar-refractivity contribution in [3.8, 4) is 6.07 Å². The summed E-state index contributed by atoms with van der Waals surface area (Å²) < 4.78 is 0. The molecule has 2 aromatic carbocycles. The fraction of sp³-hybridized carbons (Fsp3) is 0. The van der Waals surface area contributed by atoms with Crippen LogP contribution in [0.2, 0.25) is 10.0 Å². The minimum Gasteiger partial charge on any atom is -0.368 e. The van der Waals surface area contributed by atoms with Crippen LogP contribution < -0.4 is 11.1 Å². The van der Waals surface area contributed by atoms with E-state index in [0.717, 1.165) is 5.69 Å². The molecule has 1 heterocycles. The van der Waals surface area contributed by atoms with Gasteiger partial charge in [-0.05, 0) is 30.3 Å². The molecule has 6 nitrogen and oxygen atoms in total. The van der Waals surface area contributed by atoms with E-state index < -0.39 is 0 Å². The molecule has 0 radical (unpaired) electrons. The summed E-state index contributed by atoms with van der Waals surface area (Å²) >= 11 is 12.3. The molecule has 0 aliphatic heterocycles. The van der Waals surface area contributed by atoms with Gasteiger partial charge >= 0.3 is 0 Å². The van der Waals surface area contributed by atoms with E-state index in [4.69, 9.17) is 28.9 Å². The van der Waals surface area contributed by atoms with Crippen LogP contribution in [0.15, 0.2) is 48.5 Å². The zero-order chi connectivity index (χ0) is 18.5. The van der Waals surface area contributed by atoms with Gasteiger partial charge in [-0.3, -0.25) is 0 Å². The predicted molar refractivity (Wildman–Crippen MR) is 104 cm³/mol. The van der Waals surface area contributed by atoms with Crippen LogP contribution in [0.4, 0.5) is 17.6 Å². The first-order valence-corrected chi connectivity index (χ1v) is 8.22. The molecule has 0 saturated carbocycles. The molecule has 1 aromatic heterocycles. The number of rotatable bonds is 4. The molecule has 0 bridgehead atoms. The van der Waals surface area contributed by atoms with E-state index in [2.05, 4.69) is 20.3 Å². The SMILES string of the molecule is N#C/C(=C\c1c(Cl)cccc1Cl)c1nc(N)nc(Nc2ccccc2)n1. The molecule has 0 aliphatic rings. The second-order valence-electron chi connectivity index (χ2n) is 5.14. The molecule has 128 valence electrons. The average Bonchev–Trinajstić information content (AvgIpc) is 2.62. The summed E-state index contributed by atoms with van der Waals surface area (Å²) in [6.07, 6.45) is 1.52. The van der Waals surface area contributed by atoms with Crippen molar-refractivity contribution >= 4 is 52.4 Å². The number of nitrogens with zero attached hydrogens (tertiary/aromatic N) is 4. The zero-order valence-corrected chi connectivity index (χ0v) is 14.8. The van der Waals surface area contributed by atoms with Gasteiger partial charge in [-0.2, -0.15) is 20.2 Å². The lowest BCUT2D eigenvalue weighted by atomic mass is 10.1. The van der Waals surface area contributed by atoms with Crippen LogP contribution in [0.3, 0.4) is 0 Å².